The van der Waals surface area contributed by atoms with Crippen LogP contribution in [0.3, 0.4) is 0 Å². The maximum atomic E-state index is 13.4. The first kappa shape index (κ1) is 19.2. The summed E-state index contributed by atoms with van der Waals surface area (Å²) < 4.78 is 2.09. The number of aromatic hydroxyl groups is 1. The van der Waals surface area contributed by atoms with Gasteiger partial charge in [0.1, 0.15) is 11.6 Å². The first-order chi connectivity index (χ1) is 14.9. The van der Waals surface area contributed by atoms with E-state index in [-0.39, 0.29) is 23.7 Å². The summed E-state index contributed by atoms with van der Waals surface area (Å²) in [6.45, 7) is -0.172. The Morgan fingerprint density at radius 1 is 0.871 bits per heavy atom. The fourth-order valence-electron chi connectivity index (χ4n) is 3.70. The Bertz CT molecular complexity index is 1410. The van der Waals surface area contributed by atoms with Crippen LogP contribution in [0.1, 0.15) is 26.5 Å². The number of hydrogen-bond acceptors (Lipinski definition) is 5. The Hall–Kier alpha value is -3.78. The number of imide groups is 1. The minimum absolute atomic E-state index is 0.0511. The molecule has 0 unspecified atom stereocenters. The minimum Gasteiger partial charge on any atom is -0.508 e. The molecule has 2 heterocycles. The van der Waals surface area contributed by atoms with Crippen LogP contribution in [0.5, 0.6) is 5.75 Å². The normalized spacial score (nSPS) is 13.1. The first-order valence-corrected chi connectivity index (χ1v) is 10.2. The van der Waals surface area contributed by atoms with Crippen molar-refractivity contribution < 1.29 is 14.7 Å². The Labute approximate surface area is 184 Å². The third-order valence-electron chi connectivity index (χ3n) is 5.19. The molecule has 2 amide bonds. The average molecular weight is 476 g/mol. The van der Waals surface area contributed by atoms with Crippen molar-refractivity contribution >= 4 is 38.6 Å². The summed E-state index contributed by atoms with van der Waals surface area (Å²) in [7, 11) is 0. The van der Waals surface area contributed by atoms with E-state index in [4.69, 9.17) is 0 Å². The highest BCUT2D eigenvalue weighted by molar-refractivity contribution is 9.10. The van der Waals surface area contributed by atoms with Crippen molar-refractivity contribution in [3.05, 3.63) is 98.5 Å². The van der Waals surface area contributed by atoms with Gasteiger partial charge in [-0.15, -0.1) is 0 Å². The van der Waals surface area contributed by atoms with Crippen LogP contribution in [0.25, 0.3) is 16.6 Å². The van der Waals surface area contributed by atoms with E-state index in [9.17, 15) is 19.5 Å². The maximum Gasteiger partial charge on any atom is 0.266 e. The van der Waals surface area contributed by atoms with Gasteiger partial charge >= 0.3 is 0 Å². The molecule has 1 aliphatic rings. The summed E-state index contributed by atoms with van der Waals surface area (Å²) >= 11 is 3.37. The quantitative estimate of drug-likeness (QED) is 0.456. The van der Waals surface area contributed by atoms with Gasteiger partial charge in [0, 0.05) is 4.47 Å². The molecule has 31 heavy (non-hydrogen) atoms. The molecule has 0 radical (unpaired) electrons. The number of phenolic OH excluding ortho intramolecular Hbond substituents is 1. The molecule has 0 saturated carbocycles. The number of phenols is 1. The Morgan fingerprint density at radius 3 is 2.16 bits per heavy atom. The molecule has 5 rings (SSSR count). The van der Waals surface area contributed by atoms with Crippen molar-refractivity contribution in [3.8, 4) is 11.4 Å². The van der Waals surface area contributed by atoms with Crippen LogP contribution < -0.4 is 5.56 Å². The molecule has 4 aromatic rings. The summed E-state index contributed by atoms with van der Waals surface area (Å²) in [6.07, 6.45) is 0. The number of nitrogens with zero attached hydrogens (tertiary/aromatic N) is 3. The molecule has 0 spiro atoms. The third kappa shape index (κ3) is 3.12. The largest absolute Gasteiger partial charge is 0.508 e. The zero-order valence-corrected chi connectivity index (χ0v) is 17.5. The van der Waals surface area contributed by atoms with Gasteiger partial charge in [0.05, 0.1) is 34.3 Å². The number of halogens is 1. The molecule has 3 aromatic carbocycles. The predicted octanol–water partition coefficient (Wildman–Crippen LogP) is 3.65. The van der Waals surface area contributed by atoms with Gasteiger partial charge in [-0.2, -0.15) is 0 Å². The molecular formula is C23H14BrN3O4. The van der Waals surface area contributed by atoms with Crippen LogP contribution in [0.2, 0.25) is 0 Å². The van der Waals surface area contributed by atoms with E-state index in [1.807, 2.05) is 0 Å². The maximum absolute atomic E-state index is 13.4. The smallest absolute Gasteiger partial charge is 0.266 e. The van der Waals surface area contributed by atoms with Gasteiger partial charge in [0.2, 0.25) is 0 Å². The third-order valence-corrected chi connectivity index (χ3v) is 5.68. The van der Waals surface area contributed by atoms with Crippen LogP contribution in [0.15, 0.2) is 76.0 Å². The predicted molar refractivity (Wildman–Crippen MR) is 117 cm³/mol. The lowest BCUT2D eigenvalue weighted by molar-refractivity contribution is 0.0637. The van der Waals surface area contributed by atoms with Gasteiger partial charge in [-0.25, -0.2) is 4.98 Å². The molecule has 0 aliphatic carbocycles. The standard InChI is InChI=1S/C23H14BrN3O4/c24-13-5-10-19-18(11-13)23(31)27(14-6-8-15(28)9-7-14)20(25-19)12-26-21(29)16-3-1-2-4-17(16)22(26)30/h1-11,28H,12H2. The SMILES string of the molecule is O=C1c2ccccc2C(=O)N1Cc1nc2ccc(Br)cc2c(=O)n1-c1ccc(O)cc1. The average Bonchev–Trinajstić information content (AvgIpc) is 3.01. The van der Waals surface area contributed by atoms with Crippen molar-refractivity contribution in [1.82, 2.24) is 14.5 Å². The van der Waals surface area contributed by atoms with Gasteiger partial charge in [-0.1, -0.05) is 28.1 Å². The van der Waals surface area contributed by atoms with Crippen molar-refractivity contribution in [2.24, 2.45) is 0 Å². The highest BCUT2D eigenvalue weighted by Crippen LogP contribution is 2.25. The van der Waals surface area contributed by atoms with Crippen molar-refractivity contribution in [2.45, 2.75) is 6.54 Å². The van der Waals surface area contributed by atoms with Gasteiger partial charge in [0.25, 0.3) is 17.4 Å². The van der Waals surface area contributed by atoms with E-state index in [1.54, 1.807) is 54.6 Å². The van der Waals surface area contributed by atoms with Gasteiger partial charge in [-0.3, -0.25) is 23.9 Å². The molecule has 7 nitrogen and oxygen atoms in total. The van der Waals surface area contributed by atoms with Crippen molar-refractivity contribution in [2.75, 3.05) is 0 Å². The fraction of sp³-hybridized carbons (Fsp3) is 0.0435. The number of aromatic nitrogens is 2. The molecule has 1 N–H and O–H groups in total. The molecule has 0 fully saturated rings. The lowest BCUT2D eigenvalue weighted by Gasteiger charge is -2.18. The number of benzene rings is 3. The molecule has 0 saturated heterocycles. The van der Waals surface area contributed by atoms with E-state index in [1.165, 1.54) is 16.7 Å². The Kier molecular flexibility index (Phi) is 4.44. The molecule has 0 atom stereocenters. The van der Waals surface area contributed by atoms with Crippen LogP contribution in [-0.2, 0) is 6.54 Å². The molecule has 1 aromatic heterocycles. The molecule has 1 aliphatic heterocycles. The number of carbonyl (C=O) groups is 2. The van der Waals surface area contributed by atoms with Crippen LogP contribution in [-0.4, -0.2) is 31.4 Å². The molecular weight excluding hydrogens is 462 g/mol. The highest BCUT2D eigenvalue weighted by Gasteiger charge is 2.36. The van der Waals surface area contributed by atoms with Crippen LogP contribution >= 0.6 is 15.9 Å². The van der Waals surface area contributed by atoms with Crippen molar-refractivity contribution in [1.29, 1.82) is 0 Å². The number of amides is 2. The van der Waals surface area contributed by atoms with E-state index in [2.05, 4.69) is 20.9 Å². The number of hydrogen-bond donors (Lipinski definition) is 1. The van der Waals surface area contributed by atoms with Gasteiger partial charge in [0.15, 0.2) is 0 Å². The molecule has 0 bridgehead atoms. The summed E-state index contributed by atoms with van der Waals surface area (Å²) in [4.78, 5) is 44.8. The molecule has 152 valence electrons. The van der Waals surface area contributed by atoms with E-state index in [0.717, 1.165) is 9.37 Å². The first-order valence-electron chi connectivity index (χ1n) is 9.40. The summed E-state index contributed by atoms with van der Waals surface area (Å²) in [6, 6.07) is 17.8. The zero-order chi connectivity index (χ0) is 21.7. The second-order valence-electron chi connectivity index (χ2n) is 7.09. The second-order valence-corrected chi connectivity index (χ2v) is 8.00. The lowest BCUT2D eigenvalue weighted by atomic mass is 10.1. The zero-order valence-electron chi connectivity index (χ0n) is 15.9. The second kappa shape index (κ2) is 7.17. The number of carbonyl (C=O) groups excluding carboxylic acids is 2. The van der Waals surface area contributed by atoms with Crippen molar-refractivity contribution in [3.63, 3.8) is 0 Å². The Balaban J connectivity index is 1.69. The fourth-order valence-corrected chi connectivity index (χ4v) is 4.06. The lowest BCUT2D eigenvalue weighted by Crippen LogP contribution is -2.33. The topological polar surface area (TPSA) is 92.5 Å². The van der Waals surface area contributed by atoms with E-state index in [0.29, 0.717) is 27.7 Å². The summed E-state index contributed by atoms with van der Waals surface area (Å²) in [5, 5.41) is 10.0. The summed E-state index contributed by atoms with van der Waals surface area (Å²) in [5.74, 6) is -0.568. The minimum atomic E-state index is -0.428. The van der Waals surface area contributed by atoms with Crippen LogP contribution in [0.4, 0.5) is 0 Å². The number of rotatable bonds is 3. The Morgan fingerprint density at radius 2 is 1.52 bits per heavy atom. The van der Waals surface area contributed by atoms with E-state index >= 15 is 0 Å². The van der Waals surface area contributed by atoms with E-state index < -0.39 is 11.8 Å². The highest BCUT2D eigenvalue weighted by atomic mass is 79.9. The van der Waals surface area contributed by atoms with Gasteiger partial charge in [-0.05, 0) is 54.6 Å². The van der Waals surface area contributed by atoms with Crippen LogP contribution in [0, 0.1) is 0 Å². The summed E-state index contributed by atoms with van der Waals surface area (Å²) in [5.41, 5.74) is 1.23. The molecule has 8 heteroatoms. The van der Waals surface area contributed by atoms with Gasteiger partial charge < -0.3 is 5.11 Å². The number of fused-ring (bicyclic) bond motifs is 2. The monoisotopic (exact) mass is 475 g/mol.